The van der Waals surface area contributed by atoms with E-state index in [0.717, 1.165) is 11.1 Å². The molecule has 0 saturated heterocycles. The molecule has 1 amide bonds. The molecule has 0 aliphatic heterocycles. The Labute approximate surface area is 145 Å². The van der Waals surface area contributed by atoms with Gasteiger partial charge < -0.3 is 5.32 Å². The average molecular weight is 338 g/mol. The molecule has 25 heavy (non-hydrogen) atoms. The number of rotatable bonds is 6. The molecule has 6 heteroatoms. The molecule has 0 aliphatic rings. The molecule has 1 atom stereocenters. The lowest BCUT2D eigenvalue weighted by Crippen LogP contribution is -2.29. The lowest BCUT2D eigenvalue weighted by Gasteiger charge is -2.13. The lowest BCUT2D eigenvalue weighted by atomic mass is 10.0. The van der Waals surface area contributed by atoms with Crippen LogP contribution >= 0.6 is 0 Å². The average Bonchev–Trinajstić information content (AvgIpc) is 3.16. The van der Waals surface area contributed by atoms with Crippen LogP contribution in [0.4, 0.5) is 4.39 Å². The van der Waals surface area contributed by atoms with Crippen LogP contribution in [0.1, 0.15) is 18.1 Å². The Bertz CT molecular complexity index is 831. The highest BCUT2D eigenvalue weighted by molar-refractivity contribution is 5.78. The number of pyridine rings is 1. The first-order valence-electron chi connectivity index (χ1n) is 8.09. The number of amides is 1. The van der Waals surface area contributed by atoms with Crippen molar-refractivity contribution < 1.29 is 9.18 Å². The van der Waals surface area contributed by atoms with Crippen LogP contribution in [-0.2, 0) is 17.8 Å². The summed E-state index contributed by atoms with van der Waals surface area (Å²) in [5.74, 6) is 0.197. The van der Waals surface area contributed by atoms with E-state index < -0.39 is 0 Å². The van der Waals surface area contributed by atoms with Crippen molar-refractivity contribution in [2.45, 2.75) is 19.9 Å². The van der Waals surface area contributed by atoms with Gasteiger partial charge in [0.05, 0.1) is 0 Å². The number of carbonyl (C=O) groups is 1. The molecule has 2 heterocycles. The fourth-order valence-corrected chi connectivity index (χ4v) is 2.53. The van der Waals surface area contributed by atoms with Crippen molar-refractivity contribution in [3.8, 4) is 5.82 Å². The van der Waals surface area contributed by atoms with Gasteiger partial charge in [0, 0.05) is 31.1 Å². The number of hydrogen-bond donors (Lipinski definition) is 1. The highest BCUT2D eigenvalue weighted by atomic mass is 19.1. The second-order valence-electron chi connectivity index (χ2n) is 5.92. The van der Waals surface area contributed by atoms with Crippen molar-refractivity contribution in [3.05, 3.63) is 78.0 Å². The van der Waals surface area contributed by atoms with E-state index in [9.17, 15) is 9.18 Å². The zero-order chi connectivity index (χ0) is 17.6. The third kappa shape index (κ3) is 4.50. The Morgan fingerprint density at radius 1 is 1.20 bits per heavy atom. The number of hydrogen-bond acceptors (Lipinski definition) is 3. The maximum atomic E-state index is 12.9. The summed E-state index contributed by atoms with van der Waals surface area (Å²) < 4.78 is 14.6. The van der Waals surface area contributed by atoms with Gasteiger partial charge >= 0.3 is 0 Å². The van der Waals surface area contributed by atoms with Gasteiger partial charge in [-0.3, -0.25) is 4.79 Å². The van der Waals surface area contributed by atoms with Crippen molar-refractivity contribution in [2.75, 3.05) is 0 Å². The third-order valence-corrected chi connectivity index (χ3v) is 3.92. The van der Waals surface area contributed by atoms with Gasteiger partial charge in [0.25, 0.3) is 0 Å². The van der Waals surface area contributed by atoms with E-state index in [0.29, 0.717) is 18.8 Å². The minimum atomic E-state index is -0.272. The topological polar surface area (TPSA) is 59.8 Å². The lowest BCUT2D eigenvalue weighted by molar-refractivity contribution is -0.124. The van der Waals surface area contributed by atoms with Crippen LogP contribution in [0.15, 0.2) is 61.1 Å². The molecule has 0 spiro atoms. The van der Waals surface area contributed by atoms with Crippen LogP contribution in [0, 0.1) is 11.7 Å². The van der Waals surface area contributed by atoms with Crippen molar-refractivity contribution in [1.29, 1.82) is 0 Å². The molecule has 0 unspecified atom stereocenters. The smallest absolute Gasteiger partial charge is 0.223 e. The molecule has 3 aromatic rings. The Kier molecular flexibility index (Phi) is 5.18. The second-order valence-corrected chi connectivity index (χ2v) is 5.92. The summed E-state index contributed by atoms with van der Waals surface area (Å²) in [6, 6.07) is 11.8. The number of carbonyl (C=O) groups excluding carboxylic acids is 1. The van der Waals surface area contributed by atoms with Crippen molar-refractivity contribution in [1.82, 2.24) is 20.1 Å². The van der Waals surface area contributed by atoms with E-state index in [4.69, 9.17) is 0 Å². The van der Waals surface area contributed by atoms with E-state index >= 15 is 0 Å². The van der Waals surface area contributed by atoms with Gasteiger partial charge in [0.15, 0.2) is 5.82 Å². The van der Waals surface area contributed by atoms with Crippen molar-refractivity contribution in [3.63, 3.8) is 0 Å². The zero-order valence-corrected chi connectivity index (χ0v) is 13.9. The maximum absolute atomic E-state index is 12.9. The van der Waals surface area contributed by atoms with Crippen LogP contribution in [0.5, 0.6) is 0 Å². The van der Waals surface area contributed by atoms with Crippen LogP contribution < -0.4 is 5.32 Å². The summed E-state index contributed by atoms with van der Waals surface area (Å²) in [5.41, 5.74) is 1.89. The summed E-state index contributed by atoms with van der Waals surface area (Å²) in [4.78, 5) is 16.5. The molecule has 5 nitrogen and oxygen atoms in total. The molecule has 1 aromatic carbocycles. The fraction of sp³-hybridized carbons (Fsp3) is 0.211. The largest absolute Gasteiger partial charge is 0.352 e. The van der Waals surface area contributed by atoms with E-state index in [1.807, 2.05) is 31.3 Å². The third-order valence-electron chi connectivity index (χ3n) is 3.92. The Morgan fingerprint density at radius 3 is 2.72 bits per heavy atom. The zero-order valence-electron chi connectivity index (χ0n) is 13.9. The van der Waals surface area contributed by atoms with Gasteiger partial charge in [-0.1, -0.05) is 19.1 Å². The van der Waals surface area contributed by atoms with Gasteiger partial charge in [-0.15, -0.1) is 0 Å². The van der Waals surface area contributed by atoms with E-state index in [2.05, 4.69) is 15.4 Å². The van der Waals surface area contributed by atoms with E-state index in [1.54, 1.807) is 29.2 Å². The van der Waals surface area contributed by atoms with Crippen LogP contribution in [-0.4, -0.2) is 20.7 Å². The van der Waals surface area contributed by atoms with Crippen LogP contribution in [0.25, 0.3) is 5.82 Å². The monoisotopic (exact) mass is 338 g/mol. The van der Waals surface area contributed by atoms with Gasteiger partial charge in [-0.05, 0) is 47.9 Å². The molecular formula is C19H19FN4O. The predicted molar refractivity (Wildman–Crippen MR) is 92.5 cm³/mol. The van der Waals surface area contributed by atoms with Gasteiger partial charge in [0.1, 0.15) is 5.82 Å². The standard InChI is InChI=1S/C19H19FN4O/c1-14(11-15-3-5-17(20)6-4-15)19(25)22-13-16-7-9-21-18(12-16)24-10-2-8-23-24/h2-10,12,14H,11,13H2,1H3,(H,22,25)/t14-/m0/s1. The first kappa shape index (κ1) is 16.8. The molecule has 0 bridgehead atoms. The maximum Gasteiger partial charge on any atom is 0.223 e. The molecule has 3 rings (SSSR count). The molecule has 1 N–H and O–H groups in total. The summed E-state index contributed by atoms with van der Waals surface area (Å²) in [7, 11) is 0. The summed E-state index contributed by atoms with van der Waals surface area (Å²) in [6.45, 7) is 2.28. The first-order valence-corrected chi connectivity index (χ1v) is 8.09. The number of nitrogens with zero attached hydrogens (tertiary/aromatic N) is 3. The molecule has 2 aromatic heterocycles. The number of nitrogens with one attached hydrogen (secondary N) is 1. The minimum Gasteiger partial charge on any atom is -0.352 e. The Balaban J connectivity index is 1.56. The van der Waals surface area contributed by atoms with Crippen LogP contribution in [0.3, 0.4) is 0 Å². The molecule has 0 saturated carbocycles. The highest BCUT2D eigenvalue weighted by Crippen LogP contribution is 2.11. The van der Waals surface area contributed by atoms with E-state index in [1.165, 1.54) is 12.1 Å². The van der Waals surface area contributed by atoms with E-state index in [-0.39, 0.29) is 17.6 Å². The minimum absolute atomic E-state index is 0.0400. The highest BCUT2D eigenvalue weighted by Gasteiger charge is 2.13. The second kappa shape index (κ2) is 7.70. The SMILES string of the molecule is C[C@@H](Cc1ccc(F)cc1)C(=O)NCc1ccnc(-n2cccn2)c1. The fourth-order valence-electron chi connectivity index (χ4n) is 2.53. The molecule has 0 fully saturated rings. The normalized spacial score (nSPS) is 11.9. The van der Waals surface area contributed by atoms with Crippen molar-refractivity contribution >= 4 is 5.91 Å². The first-order chi connectivity index (χ1) is 12.1. The number of halogens is 1. The number of aromatic nitrogens is 3. The summed E-state index contributed by atoms with van der Waals surface area (Å²) >= 11 is 0. The number of benzene rings is 1. The van der Waals surface area contributed by atoms with Gasteiger partial charge in [0.2, 0.25) is 5.91 Å². The Hall–Kier alpha value is -3.02. The molecule has 128 valence electrons. The van der Waals surface area contributed by atoms with Gasteiger partial charge in [-0.25, -0.2) is 14.1 Å². The Morgan fingerprint density at radius 2 is 2.00 bits per heavy atom. The quantitative estimate of drug-likeness (QED) is 0.752. The van der Waals surface area contributed by atoms with Crippen LogP contribution in [0.2, 0.25) is 0 Å². The summed E-state index contributed by atoms with van der Waals surface area (Å²) in [5, 5.41) is 7.08. The van der Waals surface area contributed by atoms with Crippen molar-refractivity contribution in [2.24, 2.45) is 5.92 Å². The van der Waals surface area contributed by atoms with Gasteiger partial charge in [-0.2, -0.15) is 5.10 Å². The molecule has 0 radical (unpaired) electrons. The summed E-state index contributed by atoms with van der Waals surface area (Å²) in [6.07, 6.45) is 5.77. The molecule has 0 aliphatic carbocycles. The molecular weight excluding hydrogens is 319 g/mol. The predicted octanol–water partition coefficient (Wildman–Crippen LogP) is 2.90.